The zero-order valence-electron chi connectivity index (χ0n) is 11.4. The summed E-state index contributed by atoms with van der Waals surface area (Å²) in [4.78, 5) is 0. The number of hydrogen-bond donors (Lipinski definition) is 2. The first kappa shape index (κ1) is 13.6. The summed E-state index contributed by atoms with van der Waals surface area (Å²) in [5.41, 5.74) is 3.06. The van der Waals surface area contributed by atoms with E-state index < -0.39 is 0 Å². The molecule has 1 aliphatic rings. The second-order valence-electron chi connectivity index (χ2n) is 5.51. The predicted molar refractivity (Wildman–Crippen MR) is 73.9 cm³/mol. The molecule has 102 valence electrons. The van der Waals surface area contributed by atoms with Crippen molar-refractivity contribution in [3.05, 3.63) is 24.2 Å². The van der Waals surface area contributed by atoms with E-state index in [1.165, 1.54) is 32.1 Å². The van der Waals surface area contributed by atoms with Crippen molar-refractivity contribution in [2.75, 3.05) is 0 Å². The van der Waals surface area contributed by atoms with E-state index in [-0.39, 0.29) is 0 Å². The molecule has 2 rings (SSSR count). The van der Waals surface area contributed by atoms with Gasteiger partial charge in [0.2, 0.25) is 0 Å². The highest BCUT2D eigenvalue weighted by atomic mass is 16.3. The minimum Gasteiger partial charge on any atom is -0.469 e. The number of furan rings is 1. The lowest BCUT2D eigenvalue weighted by molar-refractivity contribution is 0.168. The predicted octanol–water partition coefficient (Wildman–Crippen LogP) is 3.26. The molecule has 3 unspecified atom stereocenters. The SMILES string of the molecule is CCC1CCCCC1C(CCc1ccco1)NN. The van der Waals surface area contributed by atoms with Gasteiger partial charge < -0.3 is 4.42 Å². The average Bonchev–Trinajstić information content (AvgIpc) is 2.93. The molecule has 1 aromatic heterocycles. The van der Waals surface area contributed by atoms with E-state index in [4.69, 9.17) is 10.3 Å². The normalized spacial score (nSPS) is 26.1. The number of hydrogen-bond acceptors (Lipinski definition) is 3. The van der Waals surface area contributed by atoms with E-state index in [1.54, 1.807) is 6.26 Å². The van der Waals surface area contributed by atoms with Crippen LogP contribution in [0.25, 0.3) is 0 Å². The number of rotatable bonds is 6. The standard InChI is InChI=1S/C15H26N2O/c1-2-12-6-3-4-8-14(12)15(17-16)10-9-13-7-5-11-18-13/h5,7,11-12,14-15,17H,2-4,6,8-10,16H2,1H3. The Kier molecular flexibility index (Phi) is 5.26. The van der Waals surface area contributed by atoms with Crippen molar-refractivity contribution in [2.45, 2.75) is 57.9 Å². The van der Waals surface area contributed by atoms with Gasteiger partial charge in [0.1, 0.15) is 5.76 Å². The molecule has 1 fully saturated rings. The first-order chi connectivity index (χ1) is 8.85. The van der Waals surface area contributed by atoms with E-state index >= 15 is 0 Å². The van der Waals surface area contributed by atoms with E-state index in [1.807, 2.05) is 12.1 Å². The summed E-state index contributed by atoms with van der Waals surface area (Å²) in [7, 11) is 0. The monoisotopic (exact) mass is 250 g/mol. The molecule has 1 aromatic rings. The van der Waals surface area contributed by atoms with E-state index in [9.17, 15) is 0 Å². The molecule has 0 spiro atoms. The summed E-state index contributed by atoms with van der Waals surface area (Å²) >= 11 is 0. The lowest BCUT2D eigenvalue weighted by atomic mass is 9.73. The van der Waals surface area contributed by atoms with Crippen LogP contribution in [-0.2, 0) is 6.42 Å². The molecule has 3 N–H and O–H groups in total. The summed E-state index contributed by atoms with van der Waals surface area (Å²) in [6, 6.07) is 4.43. The van der Waals surface area contributed by atoms with Gasteiger partial charge in [0, 0.05) is 12.5 Å². The van der Waals surface area contributed by atoms with Crippen LogP contribution in [0, 0.1) is 11.8 Å². The maximum absolute atomic E-state index is 5.78. The van der Waals surface area contributed by atoms with Gasteiger partial charge in [0.05, 0.1) is 6.26 Å². The van der Waals surface area contributed by atoms with Gasteiger partial charge >= 0.3 is 0 Å². The Balaban J connectivity index is 1.89. The molecule has 0 bridgehead atoms. The molecule has 0 aliphatic heterocycles. The van der Waals surface area contributed by atoms with Crippen molar-refractivity contribution in [1.29, 1.82) is 0 Å². The van der Waals surface area contributed by atoms with Crippen LogP contribution < -0.4 is 11.3 Å². The topological polar surface area (TPSA) is 51.2 Å². The Hall–Kier alpha value is -0.800. The largest absolute Gasteiger partial charge is 0.469 e. The third kappa shape index (κ3) is 3.36. The van der Waals surface area contributed by atoms with Crippen LogP contribution in [0.15, 0.2) is 22.8 Å². The fourth-order valence-electron chi connectivity index (χ4n) is 3.45. The fraction of sp³-hybridized carbons (Fsp3) is 0.733. The van der Waals surface area contributed by atoms with Crippen molar-refractivity contribution in [2.24, 2.45) is 17.7 Å². The van der Waals surface area contributed by atoms with Gasteiger partial charge in [-0.25, -0.2) is 0 Å². The molecule has 0 saturated heterocycles. The molecule has 0 amide bonds. The Morgan fingerprint density at radius 2 is 2.28 bits per heavy atom. The Labute approximate surface area is 110 Å². The number of hydrazine groups is 1. The molecule has 3 heteroatoms. The molecule has 18 heavy (non-hydrogen) atoms. The van der Waals surface area contributed by atoms with Gasteiger partial charge in [-0.1, -0.05) is 32.6 Å². The van der Waals surface area contributed by atoms with Crippen molar-refractivity contribution >= 4 is 0 Å². The Bertz CT molecular complexity index is 323. The van der Waals surface area contributed by atoms with Gasteiger partial charge in [-0.2, -0.15) is 0 Å². The molecule has 3 nitrogen and oxygen atoms in total. The van der Waals surface area contributed by atoms with Crippen LogP contribution >= 0.6 is 0 Å². The van der Waals surface area contributed by atoms with Crippen LogP contribution in [0.5, 0.6) is 0 Å². The second-order valence-corrected chi connectivity index (χ2v) is 5.51. The Morgan fingerprint density at radius 3 is 2.94 bits per heavy atom. The smallest absolute Gasteiger partial charge is 0.103 e. The van der Waals surface area contributed by atoms with Crippen LogP contribution in [-0.4, -0.2) is 6.04 Å². The zero-order valence-corrected chi connectivity index (χ0v) is 11.4. The van der Waals surface area contributed by atoms with Gasteiger partial charge in [-0.05, 0) is 36.8 Å². The van der Waals surface area contributed by atoms with Crippen LogP contribution in [0.2, 0.25) is 0 Å². The van der Waals surface area contributed by atoms with Crippen LogP contribution in [0.1, 0.15) is 51.2 Å². The first-order valence-corrected chi connectivity index (χ1v) is 7.33. The van der Waals surface area contributed by atoms with Crippen molar-refractivity contribution in [3.8, 4) is 0 Å². The lowest BCUT2D eigenvalue weighted by Gasteiger charge is -2.36. The third-order valence-corrected chi connectivity index (χ3v) is 4.50. The van der Waals surface area contributed by atoms with Crippen molar-refractivity contribution < 1.29 is 4.42 Å². The summed E-state index contributed by atoms with van der Waals surface area (Å²) in [6.07, 6.45) is 10.5. The summed E-state index contributed by atoms with van der Waals surface area (Å²) in [5.74, 6) is 8.43. The molecule has 3 atom stereocenters. The van der Waals surface area contributed by atoms with Gasteiger partial charge in [0.25, 0.3) is 0 Å². The molecular formula is C15H26N2O. The fourth-order valence-corrected chi connectivity index (χ4v) is 3.45. The summed E-state index contributed by atoms with van der Waals surface area (Å²) in [6.45, 7) is 2.31. The van der Waals surface area contributed by atoms with Crippen molar-refractivity contribution in [1.82, 2.24) is 5.43 Å². The van der Waals surface area contributed by atoms with Crippen LogP contribution in [0.3, 0.4) is 0 Å². The molecule has 1 heterocycles. The molecule has 1 saturated carbocycles. The maximum Gasteiger partial charge on any atom is 0.103 e. The zero-order chi connectivity index (χ0) is 12.8. The second kappa shape index (κ2) is 6.95. The minimum absolute atomic E-state index is 0.431. The lowest BCUT2D eigenvalue weighted by Crippen LogP contribution is -2.44. The quantitative estimate of drug-likeness (QED) is 0.602. The van der Waals surface area contributed by atoms with E-state index in [0.717, 1.165) is 30.4 Å². The Morgan fingerprint density at radius 1 is 1.44 bits per heavy atom. The van der Waals surface area contributed by atoms with E-state index in [2.05, 4.69) is 12.3 Å². The molecule has 0 radical (unpaired) electrons. The molecule has 1 aliphatic carbocycles. The van der Waals surface area contributed by atoms with Crippen LogP contribution in [0.4, 0.5) is 0 Å². The highest BCUT2D eigenvalue weighted by molar-refractivity contribution is 4.99. The highest BCUT2D eigenvalue weighted by Gasteiger charge is 2.30. The summed E-state index contributed by atoms with van der Waals surface area (Å²) in [5, 5.41) is 0. The summed E-state index contributed by atoms with van der Waals surface area (Å²) < 4.78 is 5.40. The third-order valence-electron chi connectivity index (χ3n) is 4.50. The van der Waals surface area contributed by atoms with Gasteiger partial charge in [-0.15, -0.1) is 0 Å². The molecular weight excluding hydrogens is 224 g/mol. The average molecular weight is 250 g/mol. The number of nitrogens with one attached hydrogen (secondary N) is 1. The van der Waals surface area contributed by atoms with E-state index in [0.29, 0.717) is 6.04 Å². The number of aryl methyl sites for hydroxylation is 1. The van der Waals surface area contributed by atoms with Gasteiger partial charge in [0.15, 0.2) is 0 Å². The minimum atomic E-state index is 0.431. The number of nitrogens with two attached hydrogens (primary N) is 1. The maximum atomic E-state index is 5.78. The molecule has 0 aromatic carbocycles. The first-order valence-electron chi connectivity index (χ1n) is 7.33. The highest BCUT2D eigenvalue weighted by Crippen LogP contribution is 2.35. The van der Waals surface area contributed by atoms with Crippen molar-refractivity contribution in [3.63, 3.8) is 0 Å². The van der Waals surface area contributed by atoms with Gasteiger partial charge in [-0.3, -0.25) is 11.3 Å².